The number of pyridine rings is 2. The molecule has 184 valence electrons. The lowest BCUT2D eigenvalue weighted by atomic mass is 9.92. The van der Waals surface area contributed by atoms with Crippen LogP contribution in [-0.2, 0) is 9.59 Å². The summed E-state index contributed by atoms with van der Waals surface area (Å²) in [5.41, 5.74) is 1.81. The second kappa shape index (κ2) is 8.86. The zero-order valence-corrected chi connectivity index (χ0v) is 19.5. The predicted molar refractivity (Wildman–Crippen MR) is 132 cm³/mol. The smallest absolute Gasteiger partial charge is 0.328 e. The van der Waals surface area contributed by atoms with Gasteiger partial charge in [0.2, 0.25) is 5.88 Å². The third kappa shape index (κ3) is 3.96. The zero-order valence-electron chi connectivity index (χ0n) is 19.5. The van der Waals surface area contributed by atoms with Gasteiger partial charge in [-0.15, -0.1) is 0 Å². The van der Waals surface area contributed by atoms with Crippen LogP contribution in [0.15, 0.2) is 79.4 Å². The number of hydrogen-bond acceptors (Lipinski definition) is 8. The molecule has 2 aliphatic rings. The Hall–Kier alpha value is -5.06. The van der Waals surface area contributed by atoms with E-state index < -0.39 is 23.4 Å². The van der Waals surface area contributed by atoms with Gasteiger partial charge >= 0.3 is 6.03 Å². The minimum Gasteiger partial charge on any atom is -0.439 e. The summed E-state index contributed by atoms with van der Waals surface area (Å²) in [6.45, 7) is 0.481. The fourth-order valence-electron chi connectivity index (χ4n) is 4.71. The molecule has 0 unspecified atom stereocenters. The Labute approximate surface area is 211 Å². The predicted octanol–water partition coefficient (Wildman–Crippen LogP) is 2.83. The second-order valence-electron chi connectivity index (χ2n) is 8.68. The third-order valence-electron chi connectivity index (χ3n) is 6.51. The van der Waals surface area contributed by atoms with Crippen LogP contribution in [0.2, 0.25) is 0 Å². The molecule has 2 N–H and O–H groups in total. The zero-order chi connectivity index (χ0) is 25.4. The van der Waals surface area contributed by atoms with Crippen LogP contribution in [0, 0.1) is 0 Å². The lowest BCUT2D eigenvalue weighted by Crippen LogP contribution is -2.71. The molecule has 5 heterocycles. The lowest BCUT2D eigenvalue weighted by Gasteiger charge is -2.38. The van der Waals surface area contributed by atoms with Crippen LogP contribution in [0.4, 0.5) is 10.5 Å². The van der Waals surface area contributed by atoms with Crippen molar-refractivity contribution >= 4 is 23.5 Å². The number of nitrogens with zero attached hydrogens (tertiary/aromatic N) is 5. The fourth-order valence-corrected chi connectivity index (χ4v) is 4.71. The first-order valence-electron chi connectivity index (χ1n) is 11.7. The van der Waals surface area contributed by atoms with Crippen LogP contribution >= 0.6 is 0 Å². The monoisotopic (exact) mass is 495 g/mol. The minimum absolute atomic E-state index is 0.309. The van der Waals surface area contributed by atoms with Crippen molar-refractivity contribution in [2.24, 2.45) is 0 Å². The summed E-state index contributed by atoms with van der Waals surface area (Å²) < 4.78 is 7.68. The molecule has 1 aromatic carbocycles. The second-order valence-corrected chi connectivity index (χ2v) is 8.68. The van der Waals surface area contributed by atoms with Crippen molar-refractivity contribution < 1.29 is 19.1 Å². The summed E-state index contributed by atoms with van der Waals surface area (Å²) >= 11 is 0. The number of aromatic nitrogens is 4. The van der Waals surface area contributed by atoms with Crippen LogP contribution < -0.4 is 20.3 Å². The summed E-state index contributed by atoms with van der Waals surface area (Å²) in [5.74, 6) is -0.284. The van der Waals surface area contributed by atoms with Gasteiger partial charge in [0.05, 0.1) is 23.3 Å². The molecular weight excluding hydrogens is 474 g/mol. The highest BCUT2D eigenvalue weighted by molar-refractivity contribution is 6.24. The molecule has 11 heteroatoms. The van der Waals surface area contributed by atoms with Crippen molar-refractivity contribution in [2.75, 3.05) is 11.4 Å². The highest BCUT2D eigenvalue weighted by atomic mass is 16.5. The van der Waals surface area contributed by atoms with Crippen LogP contribution in [0.25, 0.3) is 16.9 Å². The van der Waals surface area contributed by atoms with Gasteiger partial charge in [-0.25, -0.2) is 14.5 Å². The topological polar surface area (TPSA) is 131 Å². The maximum Gasteiger partial charge on any atom is 0.328 e. The van der Waals surface area contributed by atoms with E-state index in [4.69, 9.17) is 4.74 Å². The largest absolute Gasteiger partial charge is 0.439 e. The van der Waals surface area contributed by atoms with Gasteiger partial charge in [-0.3, -0.25) is 25.2 Å². The van der Waals surface area contributed by atoms with Gasteiger partial charge in [0.25, 0.3) is 11.8 Å². The summed E-state index contributed by atoms with van der Waals surface area (Å²) in [7, 11) is 0. The van der Waals surface area contributed by atoms with Gasteiger partial charge in [-0.05, 0) is 61.4 Å². The molecule has 6 rings (SSSR count). The Morgan fingerprint density at radius 3 is 2.32 bits per heavy atom. The van der Waals surface area contributed by atoms with Crippen LogP contribution in [0.5, 0.6) is 11.6 Å². The SMILES string of the molecule is O=C1NC(=O)C2(CCCN2c2ccc(Oc3ccc(-c4ccn(-c5ccncc5)n4)cc3)nc2)C(=O)N1. The molecule has 0 bridgehead atoms. The van der Waals surface area contributed by atoms with Gasteiger partial charge in [0.1, 0.15) is 5.75 Å². The Kier molecular flexibility index (Phi) is 5.37. The first-order chi connectivity index (χ1) is 18.0. The van der Waals surface area contributed by atoms with E-state index in [1.54, 1.807) is 40.3 Å². The molecule has 2 saturated heterocycles. The van der Waals surface area contributed by atoms with E-state index in [0.29, 0.717) is 36.7 Å². The minimum atomic E-state index is -1.46. The molecule has 11 nitrogen and oxygen atoms in total. The van der Waals surface area contributed by atoms with E-state index in [1.165, 1.54) is 0 Å². The van der Waals surface area contributed by atoms with E-state index in [0.717, 1.165) is 16.9 Å². The van der Waals surface area contributed by atoms with Gasteiger partial charge < -0.3 is 9.64 Å². The number of carbonyl (C=O) groups is 3. The molecule has 0 atom stereocenters. The van der Waals surface area contributed by atoms with Crippen molar-refractivity contribution in [3.63, 3.8) is 0 Å². The molecule has 2 fully saturated rings. The van der Waals surface area contributed by atoms with Gasteiger partial charge in [-0.1, -0.05) is 0 Å². The summed E-state index contributed by atoms with van der Waals surface area (Å²) in [4.78, 5) is 46.9. The van der Waals surface area contributed by atoms with Crippen molar-refractivity contribution in [3.05, 3.63) is 79.4 Å². The van der Waals surface area contributed by atoms with Crippen molar-refractivity contribution in [3.8, 4) is 28.6 Å². The van der Waals surface area contributed by atoms with E-state index in [1.807, 2.05) is 48.7 Å². The number of barbiturate groups is 1. The molecular formula is C26H21N7O4. The Morgan fingerprint density at radius 1 is 0.865 bits per heavy atom. The van der Waals surface area contributed by atoms with Crippen molar-refractivity contribution in [1.29, 1.82) is 0 Å². The quantitative estimate of drug-likeness (QED) is 0.404. The van der Waals surface area contributed by atoms with Gasteiger partial charge in [-0.2, -0.15) is 5.10 Å². The number of rotatable bonds is 5. The Balaban J connectivity index is 1.16. The summed E-state index contributed by atoms with van der Waals surface area (Å²) in [6, 6.07) is 15.8. The van der Waals surface area contributed by atoms with E-state index in [-0.39, 0.29) is 0 Å². The number of amides is 4. The molecule has 4 aromatic rings. The maximum atomic E-state index is 12.6. The fraction of sp³-hybridized carbons (Fsp3) is 0.154. The van der Waals surface area contributed by atoms with Gasteiger partial charge in [0, 0.05) is 36.8 Å². The third-order valence-corrected chi connectivity index (χ3v) is 6.51. The van der Waals surface area contributed by atoms with Crippen LogP contribution in [0.1, 0.15) is 12.8 Å². The number of benzene rings is 1. The highest BCUT2D eigenvalue weighted by Crippen LogP contribution is 2.36. The highest BCUT2D eigenvalue weighted by Gasteiger charge is 2.57. The van der Waals surface area contributed by atoms with Crippen molar-refractivity contribution in [2.45, 2.75) is 18.4 Å². The molecule has 4 amide bonds. The number of urea groups is 1. The Bertz CT molecular complexity index is 1460. The first kappa shape index (κ1) is 22.4. The van der Waals surface area contributed by atoms with Crippen LogP contribution in [0.3, 0.4) is 0 Å². The molecule has 0 aliphatic carbocycles. The van der Waals surface area contributed by atoms with Crippen LogP contribution in [-0.4, -0.2) is 49.7 Å². The number of imide groups is 2. The maximum absolute atomic E-state index is 12.6. The molecule has 37 heavy (non-hydrogen) atoms. The average molecular weight is 495 g/mol. The number of ether oxygens (including phenoxy) is 1. The van der Waals surface area contributed by atoms with E-state index in [9.17, 15) is 14.4 Å². The number of hydrogen-bond donors (Lipinski definition) is 2. The van der Waals surface area contributed by atoms with E-state index in [2.05, 4.69) is 25.7 Å². The average Bonchev–Trinajstić information content (AvgIpc) is 3.58. The molecule has 0 saturated carbocycles. The number of anilines is 1. The lowest BCUT2D eigenvalue weighted by molar-refractivity contribution is -0.137. The Morgan fingerprint density at radius 2 is 1.62 bits per heavy atom. The standard InChI is InChI=1S/C26H21N7O4/c34-23-26(24(35)30-25(36)29-23)11-1-14-32(26)19-4-7-22(28-16-19)37-20-5-2-17(3-6-20)21-10-15-33(31-21)18-8-12-27-13-9-18/h2-10,12-13,15-16H,1,11,14H2,(H2,29,30,34,35,36). The number of nitrogens with one attached hydrogen (secondary N) is 2. The summed E-state index contributed by atoms with van der Waals surface area (Å²) in [5, 5.41) is 9.03. The molecule has 1 spiro atoms. The molecule has 0 radical (unpaired) electrons. The molecule has 3 aromatic heterocycles. The van der Waals surface area contributed by atoms with Gasteiger partial charge in [0.15, 0.2) is 5.54 Å². The summed E-state index contributed by atoms with van der Waals surface area (Å²) in [6.07, 6.45) is 7.82. The number of carbonyl (C=O) groups excluding carboxylic acids is 3. The normalized spacial score (nSPS) is 16.5. The van der Waals surface area contributed by atoms with Crippen molar-refractivity contribution in [1.82, 2.24) is 30.4 Å². The van der Waals surface area contributed by atoms with E-state index >= 15 is 0 Å². The molecule has 2 aliphatic heterocycles. The first-order valence-corrected chi connectivity index (χ1v) is 11.7.